The van der Waals surface area contributed by atoms with Crippen LogP contribution >= 0.6 is 0 Å². The van der Waals surface area contributed by atoms with Crippen molar-refractivity contribution < 1.29 is 4.74 Å². The molecule has 0 radical (unpaired) electrons. The lowest BCUT2D eigenvalue weighted by molar-refractivity contribution is 0.481. The highest BCUT2D eigenvalue weighted by Crippen LogP contribution is 2.29. The number of nitrogens with two attached hydrogens (primary N) is 1. The lowest BCUT2D eigenvalue weighted by atomic mass is 10.2. The Morgan fingerprint density at radius 1 is 1.11 bits per heavy atom. The zero-order valence-corrected chi connectivity index (χ0v) is 9.29. The first-order valence-corrected chi connectivity index (χ1v) is 5.06. The van der Waals surface area contributed by atoms with Gasteiger partial charge in [-0.3, -0.25) is 4.98 Å². The van der Waals surface area contributed by atoms with Crippen molar-refractivity contribution in [3.63, 3.8) is 0 Å². The van der Waals surface area contributed by atoms with Crippen molar-refractivity contribution in [2.24, 2.45) is 0 Å². The Labute approximate surface area is 104 Å². The summed E-state index contributed by atoms with van der Waals surface area (Å²) >= 11 is 0. The molecule has 0 aliphatic carbocycles. The molecule has 0 unspecified atom stereocenters. The van der Waals surface area contributed by atoms with Gasteiger partial charge in [-0.1, -0.05) is 0 Å². The van der Waals surface area contributed by atoms with Crippen LogP contribution in [0, 0.1) is 22.7 Å². The highest BCUT2D eigenvalue weighted by atomic mass is 16.5. The van der Waals surface area contributed by atoms with E-state index in [2.05, 4.69) is 4.98 Å². The summed E-state index contributed by atoms with van der Waals surface area (Å²) in [6.07, 6.45) is 2.95. The zero-order valence-electron chi connectivity index (χ0n) is 9.29. The van der Waals surface area contributed by atoms with Crippen molar-refractivity contribution in [1.29, 1.82) is 10.5 Å². The third kappa shape index (κ3) is 2.21. The van der Waals surface area contributed by atoms with Crippen molar-refractivity contribution >= 4 is 5.69 Å². The molecule has 0 aliphatic rings. The maximum absolute atomic E-state index is 8.92. The van der Waals surface area contributed by atoms with E-state index in [4.69, 9.17) is 21.0 Å². The van der Waals surface area contributed by atoms with Crippen LogP contribution in [-0.2, 0) is 0 Å². The molecular weight excluding hydrogens is 228 g/mol. The average Bonchev–Trinajstić information content (AvgIpc) is 2.41. The minimum absolute atomic E-state index is 0.330. The number of hydrogen-bond acceptors (Lipinski definition) is 5. The molecule has 0 spiro atoms. The highest BCUT2D eigenvalue weighted by molar-refractivity contribution is 5.58. The van der Waals surface area contributed by atoms with Gasteiger partial charge in [0, 0.05) is 6.20 Å². The number of rotatable bonds is 2. The van der Waals surface area contributed by atoms with Crippen LogP contribution in [0.2, 0.25) is 0 Å². The standard InChI is InChI=1S/C13H8N4O/c14-6-9-1-2-12(11(16)5-9)18-13-8-17-4-3-10(13)7-15/h1-5,8H,16H2. The van der Waals surface area contributed by atoms with Crippen LogP contribution in [0.4, 0.5) is 5.69 Å². The molecule has 2 N–H and O–H groups in total. The fourth-order valence-corrected chi connectivity index (χ4v) is 1.38. The fraction of sp³-hybridized carbons (Fsp3) is 0. The van der Waals surface area contributed by atoms with E-state index in [9.17, 15) is 0 Å². The Kier molecular flexibility index (Phi) is 3.08. The summed E-state index contributed by atoms with van der Waals surface area (Å²) in [6, 6.07) is 10.2. The van der Waals surface area contributed by atoms with Crippen molar-refractivity contribution in [2.45, 2.75) is 0 Å². The maximum Gasteiger partial charge on any atom is 0.163 e. The van der Waals surface area contributed by atoms with Gasteiger partial charge in [0.25, 0.3) is 0 Å². The number of hydrogen-bond donors (Lipinski definition) is 1. The van der Waals surface area contributed by atoms with E-state index in [1.807, 2.05) is 12.1 Å². The molecule has 18 heavy (non-hydrogen) atoms. The van der Waals surface area contributed by atoms with Gasteiger partial charge in [0.1, 0.15) is 6.07 Å². The first kappa shape index (κ1) is 11.4. The van der Waals surface area contributed by atoms with E-state index < -0.39 is 0 Å². The van der Waals surface area contributed by atoms with Gasteiger partial charge < -0.3 is 10.5 Å². The van der Waals surface area contributed by atoms with E-state index >= 15 is 0 Å². The molecule has 2 aromatic rings. The molecular formula is C13H8N4O. The zero-order chi connectivity index (χ0) is 13.0. The lowest BCUT2D eigenvalue weighted by Crippen LogP contribution is -1.95. The van der Waals surface area contributed by atoms with Crippen LogP contribution in [0.1, 0.15) is 11.1 Å². The smallest absolute Gasteiger partial charge is 0.163 e. The lowest BCUT2D eigenvalue weighted by Gasteiger charge is -2.09. The van der Waals surface area contributed by atoms with E-state index in [0.29, 0.717) is 28.3 Å². The number of pyridine rings is 1. The number of ether oxygens (including phenoxy) is 1. The molecule has 0 amide bonds. The number of benzene rings is 1. The van der Waals surface area contributed by atoms with Gasteiger partial charge in [-0.2, -0.15) is 10.5 Å². The second-order valence-corrected chi connectivity index (χ2v) is 3.45. The maximum atomic E-state index is 8.92. The third-order valence-electron chi connectivity index (χ3n) is 2.26. The monoisotopic (exact) mass is 236 g/mol. The Morgan fingerprint density at radius 2 is 1.94 bits per heavy atom. The van der Waals surface area contributed by atoms with Gasteiger partial charge in [-0.25, -0.2) is 0 Å². The fourth-order valence-electron chi connectivity index (χ4n) is 1.38. The molecule has 0 bridgehead atoms. The number of anilines is 1. The van der Waals surface area contributed by atoms with Gasteiger partial charge in [0.15, 0.2) is 11.5 Å². The summed E-state index contributed by atoms with van der Waals surface area (Å²) in [4.78, 5) is 3.88. The Bertz CT molecular complexity index is 667. The van der Waals surface area contributed by atoms with E-state index in [0.717, 1.165) is 0 Å². The third-order valence-corrected chi connectivity index (χ3v) is 2.26. The van der Waals surface area contributed by atoms with Crippen LogP contribution in [-0.4, -0.2) is 4.98 Å². The highest BCUT2D eigenvalue weighted by Gasteiger charge is 2.07. The minimum atomic E-state index is 0.330. The van der Waals surface area contributed by atoms with Crippen LogP contribution in [0.25, 0.3) is 0 Å². The topological polar surface area (TPSA) is 95.7 Å². The van der Waals surface area contributed by atoms with Crippen LogP contribution < -0.4 is 10.5 Å². The van der Waals surface area contributed by atoms with E-state index in [-0.39, 0.29) is 0 Å². The van der Waals surface area contributed by atoms with Crippen LogP contribution in [0.3, 0.4) is 0 Å². The largest absolute Gasteiger partial charge is 0.452 e. The average molecular weight is 236 g/mol. The van der Waals surface area contributed by atoms with Crippen molar-refractivity contribution in [3.05, 3.63) is 47.8 Å². The molecule has 1 aromatic heterocycles. The molecule has 5 heteroatoms. The van der Waals surface area contributed by atoms with Gasteiger partial charge in [0.05, 0.1) is 29.1 Å². The first-order valence-electron chi connectivity index (χ1n) is 5.06. The molecule has 0 fully saturated rings. The van der Waals surface area contributed by atoms with E-state index in [1.54, 1.807) is 18.2 Å². The summed E-state index contributed by atoms with van der Waals surface area (Å²) < 4.78 is 5.51. The number of nitrogen functional groups attached to an aromatic ring is 1. The SMILES string of the molecule is N#Cc1ccc(Oc2cnccc2C#N)c(N)c1. The molecule has 0 atom stereocenters. The van der Waals surface area contributed by atoms with Crippen molar-refractivity contribution in [1.82, 2.24) is 4.98 Å². The molecule has 0 aliphatic heterocycles. The van der Waals surface area contributed by atoms with Gasteiger partial charge in [-0.15, -0.1) is 0 Å². The van der Waals surface area contributed by atoms with E-state index in [1.165, 1.54) is 18.5 Å². The van der Waals surface area contributed by atoms with Crippen LogP contribution in [0.5, 0.6) is 11.5 Å². The number of nitrogens with zero attached hydrogens (tertiary/aromatic N) is 3. The quantitative estimate of drug-likeness (QED) is 0.806. The molecule has 2 rings (SSSR count). The Hall–Kier alpha value is -3.05. The number of nitriles is 2. The molecule has 5 nitrogen and oxygen atoms in total. The molecule has 0 saturated heterocycles. The van der Waals surface area contributed by atoms with Crippen molar-refractivity contribution in [2.75, 3.05) is 5.73 Å². The summed E-state index contributed by atoms with van der Waals surface area (Å²) in [5, 5.41) is 17.6. The van der Waals surface area contributed by atoms with Gasteiger partial charge >= 0.3 is 0 Å². The van der Waals surface area contributed by atoms with Gasteiger partial charge in [0.2, 0.25) is 0 Å². The van der Waals surface area contributed by atoms with Gasteiger partial charge in [-0.05, 0) is 24.3 Å². The normalized spacial score (nSPS) is 9.22. The predicted molar refractivity (Wildman–Crippen MR) is 64.6 cm³/mol. The number of aromatic nitrogens is 1. The van der Waals surface area contributed by atoms with Crippen molar-refractivity contribution in [3.8, 4) is 23.6 Å². The molecule has 1 aromatic carbocycles. The predicted octanol–water partition coefficient (Wildman–Crippen LogP) is 2.20. The molecule has 86 valence electrons. The minimum Gasteiger partial charge on any atom is -0.452 e. The Balaban J connectivity index is 2.36. The molecule has 1 heterocycles. The van der Waals surface area contributed by atoms with Crippen LogP contribution in [0.15, 0.2) is 36.7 Å². The second-order valence-electron chi connectivity index (χ2n) is 3.45. The first-order chi connectivity index (χ1) is 8.74. The summed E-state index contributed by atoms with van der Waals surface area (Å²) in [5.41, 5.74) is 6.91. The summed E-state index contributed by atoms with van der Waals surface area (Å²) in [5.74, 6) is 0.718. The molecule has 0 saturated carbocycles. The summed E-state index contributed by atoms with van der Waals surface area (Å²) in [6.45, 7) is 0. The second kappa shape index (κ2) is 4.86. The summed E-state index contributed by atoms with van der Waals surface area (Å²) in [7, 11) is 0. The Morgan fingerprint density at radius 3 is 2.61 bits per heavy atom.